The first-order chi connectivity index (χ1) is 18.7. The summed E-state index contributed by atoms with van der Waals surface area (Å²) in [5.41, 5.74) is 4.48. The summed E-state index contributed by atoms with van der Waals surface area (Å²) < 4.78 is 5.93. The lowest BCUT2D eigenvalue weighted by atomic mass is 9.93. The summed E-state index contributed by atoms with van der Waals surface area (Å²) in [4.78, 5) is 28.0. The lowest BCUT2D eigenvalue weighted by molar-refractivity contribution is -0.132. The van der Waals surface area contributed by atoms with Gasteiger partial charge in [0.1, 0.15) is 23.1 Å². The molecule has 2 heterocycles. The highest BCUT2D eigenvalue weighted by molar-refractivity contribution is 7.15. The minimum Gasteiger partial charge on any atom is -0.507 e. The van der Waals surface area contributed by atoms with Gasteiger partial charge in [-0.05, 0) is 66.3 Å². The Morgan fingerprint density at radius 3 is 2.28 bits per heavy atom. The molecule has 39 heavy (non-hydrogen) atoms. The maximum atomic E-state index is 13.4. The summed E-state index contributed by atoms with van der Waals surface area (Å²) in [6.45, 7) is 8.42. The van der Waals surface area contributed by atoms with Crippen LogP contribution in [0.2, 0.25) is 0 Å². The molecule has 0 spiro atoms. The number of ketones is 1. The van der Waals surface area contributed by atoms with E-state index in [1.165, 1.54) is 16.2 Å². The number of amides is 1. The fraction of sp³-hybridized carbons (Fsp3) is 0.226. The van der Waals surface area contributed by atoms with Crippen LogP contribution in [0.4, 0.5) is 5.13 Å². The van der Waals surface area contributed by atoms with Crippen molar-refractivity contribution in [1.29, 1.82) is 0 Å². The van der Waals surface area contributed by atoms with Crippen molar-refractivity contribution in [3.05, 3.63) is 111 Å². The molecule has 7 nitrogen and oxygen atoms in total. The first kappa shape index (κ1) is 26.3. The molecular weight excluding hydrogens is 510 g/mol. The van der Waals surface area contributed by atoms with E-state index in [0.717, 1.165) is 16.7 Å². The van der Waals surface area contributed by atoms with Crippen LogP contribution in [0, 0.1) is 13.8 Å². The Bertz CT molecular complexity index is 1560. The Hall–Kier alpha value is -4.30. The summed E-state index contributed by atoms with van der Waals surface area (Å²) >= 11 is 1.22. The maximum Gasteiger partial charge on any atom is 0.301 e. The highest BCUT2D eigenvalue weighted by Gasteiger charge is 2.48. The standard InChI is InChI=1S/C31H29N3O4S/c1-18(2)21-9-11-22(12-10-21)27-26(29(36)30(37)34(27)31-33-32-20(4)39-31)28(35)23-13-15-25(16-14-23)38-17-24-8-6-5-7-19(24)3/h5-16,18,27,35H,17H2,1-4H3/b28-26+. The van der Waals surface area contributed by atoms with E-state index in [2.05, 4.69) is 24.0 Å². The summed E-state index contributed by atoms with van der Waals surface area (Å²) in [6, 6.07) is 21.8. The number of carbonyl (C=O) groups is 2. The molecule has 0 bridgehead atoms. The minimum atomic E-state index is -0.837. The van der Waals surface area contributed by atoms with Crippen LogP contribution < -0.4 is 9.64 Å². The number of rotatable bonds is 7. The maximum absolute atomic E-state index is 13.4. The van der Waals surface area contributed by atoms with E-state index in [9.17, 15) is 14.7 Å². The molecule has 3 aromatic carbocycles. The highest BCUT2D eigenvalue weighted by atomic mass is 32.1. The Labute approximate surface area is 231 Å². The van der Waals surface area contributed by atoms with E-state index in [4.69, 9.17) is 4.74 Å². The predicted molar refractivity (Wildman–Crippen MR) is 152 cm³/mol. The molecule has 0 radical (unpaired) electrons. The van der Waals surface area contributed by atoms with Crippen LogP contribution >= 0.6 is 11.3 Å². The first-order valence-corrected chi connectivity index (χ1v) is 13.5. The zero-order valence-corrected chi connectivity index (χ0v) is 23.0. The molecule has 5 rings (SSSR count). The van der Waals surface area contributed by atoms with Gasteiger partial charge in [-0.3, -0.25) is 14.5 Å². The highest BCUT2D eigenvalue weighted by Crippen LogP contribution is 2.43. The first-order valence-electron chi connectivity index (χ1n) is 12.7. The zero-order valence-electron chi connectivity index (χ0n) is 22.2. The number of hydrogen-bond donors (Lipinski definition) is 1. The Morgan fingerprint density at radius 1 is 0.974 bits per heavy atom. The summed E-state index contributed by atoms with van der Waals surface area (Å²) in [6.07, 6.45) is 0. The van der Waals surface area contributed by atoms with Crippen molar-refractivity contribution in [3.63, 3.8) is 0 Å². The molecule has 0 saturated carbocycles. The number of ether oxygens (including phenoxy) is 1. The van der Waals surface area contributed by atoms with Crippen LogP contribution in [0.1, 0.15) is 58.6 Å². The van der Waals surface area contributed by atoms with Crippen molar-refractivity contribution in [1.82, 2.24) is 10.2 Å². The lowest BCUT2D eigenvalue weighted by Crippen LogP contribution is -2.29. The van der Waals surface area contributed by atoms with Gasteiger partial charge < -0.3 is 9.84 Å². The number of nitrogens with zero attached hydrogens (tertiary/aromatic N) is 3. The van der Waals surface area contributed by atoms with Gasteiger partial charge in [0.05, 0.1) is 11.6 Å². The van der Waals surface area contributed by atoms with Gasteiger partial charge in [0.2, 0.25) is 5.13 Å². The molecule has 1 N–H and O–H groups in total. The van der Waals surface area contributed by atoms with Crippen molar-refractivity contribution in [3.8, 4) is 5.75 Å². The molecule has 0 aliphatic carbocycles. The number of aliphatic hydroxyl groups excluding tert-OH is 1. The van der Waals surface area contributed by atoms with Crippen LogP contribution in [-0.4, -0.2) is 27.0 Å². The SMILES string of the molecule is Cc1nnc(N2C(=O)C(=O)/C(=C(/O)c3ccc(OCc4ccccc4C)cc3)C2c2ccc(C(C)C)cc2)s1. The Morgan fingerprint density at radius 2 is 1.67 bits per heavy atom. The number of hydrogen-bond acceptors (Lipinski definition) is 7. The number of carbonyl (C=O) groups excluding carboxylic acids is 2. The van der Waals surface area contributed by atoms with Crippen LogP contribution in [0.15, 0.2) is 78.4 Å². The third-order valence-corrected chi connectivity index (χ3v) is 7.71. The molecule has 1 saturated heterocycles. The molecule has 1 fully saturated rings. The quantitative estimate of drug-likeness (QED) is 0.164. The van der Waals surface area contributed by atoms with Crippen molar-refractivity contribution in [2.24, 2.45) is 0 Å². The van der Waals surface area contributed by atoms with Gasteiger partial charge in [0.25, 0.3) is 5.78 Å². The van der Waals surface area contributed by atoms with Gasteiger partial charge in [-0.15, -0.1) is 10.2 Å². The summed E-state index contributed by atoms with van der Waals surface area (Å²) in [7, 11) is 0. The number of aliphatic hydroxyl groups is 1. The molecule has 8 heteroatoms. The number of aromatic nitrogens is 2. The predicted octanol–water partition coefficient (Wildman–Crippen LogP) is 6.48. The van der Waals surface area contributed by atoms with Gasteiger partial charge in [0.15, 0.2) is 0 Å². The fourth-order valence-corrected chi connectivity index (χ4v) is 5.30. The van der Waals surface area contributed by atoms with Crippen molar-refractivity contribution in [2.75, 3.05) is 4.90 Å². The Balaban J connectivity index is 1.51. The van der Waals surface area contributed by atoms with E-state index in [0.29, 0.717) is 39.5 Å². The zero-order chi connectivity index (χ0) is 27.7. The second-order valence-electron chi connectivity index (χ2n) is 9.83. The van der Waals surface area contributed by atoms with Crippen LogP contribution in [0.25, 0.3) is 5.76 Å². The molecule has 1 unspecified atom stereocenters. The van der Waals surface area contributed by atoms with Crippen LogP contribution in [-0.2, 0) is 16.2 Å². The number of aryl methyl sites for hydroxylation is 2. The number of anilines is 1. The van der Waals surface area contributed by atoms with Gasteiger partial charge >= 0.3 is 5.91 Å². The fourth-order valence-electron chi connectivity index (χ4n) is 4.59. The molecule has 1 atom stereocenters. The normalized spacial score (nSPS) is 16.7. The molecular formula is C31H29N3O4S. The van der Waals surface area contributed by atoms with E-state index >= 15 is 0 Å². The average molecular weight is 540 g/mol. The molecule has 1 aliphatic heterocycles. The van der Waals surface area contributed by atoms with Gasteiger partial charge in [-0.1, -0.05) is 73.7 Å². The minimum absolute atomic E-state index is 0.0127. The molecule has 1 aromatic heterocycles. The molecule has 198 valence electrons. The number of Topliss-reactive ketones (excluding diaryl/α,β-unsaturated/α-hetero) is 1. The van der Waals surface area contributed by atoms with Crippen molar-refractivity contribution in [2.45, 2.75) is 46.3 Å². The summed E-state index contributed by atoms with van der Waals surface area (Å²) in [5.74, 6) is -0.814. The average Bonchev–Trinajstić information content (AvgIpc) is 3.48. The van der Waals surface area contributed by atoms with Gasteiger partial charge in [0, 0.05) is 5.56 Å². The molecule has 4 aromatic rings. The molecule has 1 amide bonds. The molecule has 1 aliphatic rings. The monoisotopic (exact) mass is 539 g/mol. The van der Waals surface area contributed by atoms with Gasteiger partial charge in [-0.25, -0.2) is 0 Å². The van der Waals surface area contributed by atoms with Crippen LogP contribution in [0.5, 0.6) is 5.75 Å². The largest absolute Gasteiger partial charge is 0.507 e. The van der Waals surface area contributed by atoms with Crippen LogP contribution in [0.3, 0.4) is 0 Å². The lowest BCUT2D eigenvalue weighted by Gasteiger charge is -2.23. The third-order valence-electron chi connectivity index (χ3n) is 6.87. The van der Waals surface area contributed by atoms with E-state index in [-0.39, 0.29) is 11.3 Å². The second-order valence-corrected chi connectivity index (χ2v) is 11.0. The van der Waals surface area contributed by atoms with E-state index in [1.807, 2.05) is 55.5 Å². The topological polar surface area (TPSA) is 92.6 Å². The second kappa shape index (κ2) is 10.8. The van der Waals surface area contributed by atoms with Crippen molar-refractivity contribution >= 4 is 33.9 Å². The van der Waals surface area contributed by atoms with Crippen molar-refractivity contribution < 1.29 is 19.4 Å². The van der Waals surface area contributed by atoms with E-state index < -0.39 is 17.7 Å². The third kappa shape index (κ3) is 5.20. The van der Waals surface area contributed by atoms with E-state index in [1.54, 1.807) is 31.2 Å². The Kier molecular flexibility index (Phi) is 7.30. The smallest absolute Gasteiger partial charge is 0.301 e. The van der Waals surface area contributed by atoms with Gasteiger partial charge in [-0.2, -0.15) is 0 Å². The number of benzene rings is 3. The summed E-state index contributed by atoms with van der Waals surface area (Å²) in [5, 5.41) is 20.5.